The molecule has 0 fully saturated rings. The molecule has 0 heterocycles. The van der Waals surface area contributed by atoms with Gasteiger partial charge in [0.2, 0.25) is 0 Å². The monoisotopic (exact) mass is 280 g/mol. The number of carbonyl (C=O) groups excluding carboxylic acids is 1. The summed E-state index contributed by atoms with van der Waals surface area (Å²) in [4.78, 5) is 21.8. The third-order valence-corrected chi connectivity index (χ3v) is 2.29. The van der Waals surface area contributed by atoms with Crippen molar-refractivity contribution in [1.82, 2.24) is 5.32 Å². The van der Waals surface area contributed by atoms with E-state index in [1.54, 1.807) is 0 Å². The molecule has 5 nitrogen and oxygen atoms in total. The molecule has 0 unspecified atom stereocenters. The van der Waals surface area contributed by atoms with Gasteiger partial charge in [-0.3, -0.25) is 9.59 Å². The minimum Gasteiger partial charge on any atom is -0.507 e. The summed E-state index contributed by atoms with van der Waals surface area (Å²) in [6.45, 7) is 0.243. The van der Waals surface area contributed by atoms with E-state index in [1.165, 1.54) is 18.2 Å². The summed E-state index contributed by atoms with van der Waals surface area (Å²) in [5.41, 5.74) is 0.115. The van der Waals surface area contributed by atoms with Gasteiger partial charge in [-0.1, -0.05) is 11.6 Å². The molecule has 0 bridgehead atoms. The number of nitrogens with one attached hydrogen (secondary N) is 1. The predicted octanol–water partition coefficient (Wildman–Crippen LogP) is 1.26. The maximum absolute atomic E-state index is 11.6. The van der Waals surface area contributed by atoms with Gasteiger partial charge >= 0.3 is 5.97 Å². The van der Waals surface area contributed by atoms with Crippen LogP contribution in [0.3, 0.4) is 0 Å². The van der Waals surface area contributed by atoms with Gasteiger partial charge in [-0.2, -0.15) is 0 Å². The van der Waals surface area contributed by atoms with E-state index >= 15 is 0 Å². The van der Waals surface area contributed by atoms with Gasteiger partial charge in [0, 0.05) is 47.5 Å². The maximum Gasteiger partial charge on any atom is 0.303 e. The molecule has 93 valence electrons. The number of phenols is 1. The van der Waals surface area contributed by atoms with E-state index in [-0.39, 0.29) is 53.8 Å². The zero-order valence-electron chi connectivity index (χ0n) is 9.94. The molecule has 7 heteroatoms. The van der Waals surface area contributed by atoms with Crippen LogP contribution in [0.2, 0.25) is 5.02 Å². The zero-order valence-corrected chi connectivity index (χ0v) is 12.7. The average molecular weight is 281 g/mol. The third-order valence-electron chi connectivity index (χ3n) is 2.06. The first-order valence-corrected chi connectivity index (χ1v) is 5.37. The molecule has 0 atom stereocenters. The average Bonchev–Trinajstić information content (AvgIpc) is 2.23. The molecule has 3 N–H and O–H groups in total. The van der Waals surface area contributed by atoms with Gasteiger partial charge in [0.05, 0.1) is 5.56 Å². The van der Waals surface area contributed by atoms with Gasteiger partial charge in [0.1, 0.15) is 5.75 Å². The number of carbonyl (C=O) groups is 2. The minimum absolute atomic E-state index is 0. The number of hydrogen-bond donors (Lipinski definition) is 3. The molecule has 0 aliphatic rings. The van der Waals surface area contributed by atoms with Crippen molar-refractivity contribution in [2.75, 3.05) is 6.54 Å². The second-order valence-corrected chi connectivity index (χ2v) is 3.85. The SMILES string of the molecule is O=C(O)CCCNC(=O)c1ccc(Cl)cc1O.[Na]. The number of aromatic hydroxyl groups is 1. The Hall–Kier alpha value is -0.750. The molecular weight excluding hydrogens is 269 g/mol. The van der Waals surface area contributed by atoms with Crippen LogP contribution in [0.15, 0.2) is 18.2 Å². The Morgan fingerprint density at radius 1 is 1.33 bits per heavy atom. The van der Waals surface area contributed by atoms with Crippen molar-refractivity contribution in [3.63, 3.8) is 0 Å². The normalized spacial score (nSPS) is 9.39. The van der Waals surface area contributed by atoms with Crippen LogP contribution in [0.1, 0.15) is 23.2 Å². The fraction of sp³-hybridized carbons (Fsp3) is 0.273. The van der Waals surface area contributed by atoms with Crippen molar-refractivity contribution in [3.05, 3.63) is 28.8 Å². The van der Waals surface area contributed by atoms with Gasteiger partial charge in [0.15, 0.2) is 0 Å². The molecule has 0 saturated heterocycles. The molecule has 0 aliphatic heterocycles. The molecule has 0 aliphatic carbocycles. The summed E-state index contributed by atoms with van der Waals surface area (Å²) in [5, 5.41) is 20.7. The van der Waals surface area contributed by atoms with Gasteiger partial charge < -0.3 is 15.5 Å². The second-order valence-electron chi connectivity index (χ2n) is 3.41. The third kappa shape index (κ3) is 5.73. The van der Waals surface area contributed by atoms with Crippen LogP contribution in [0.25, 0.3) is 0 Å². The first kappa shape index (κ1) is 17.2. The predicted molar refractivity (Wildman–Crippen MR) is 68.1 cm³/mol. The van der Waals surface area contributed by atoms with E-state index in [4.69, 9.17) is 16.7 Å². The number of halogens is 1. The smallest absolute Gasteiger partial charge is 0.303 e. The summed E-state index contributed by atoms with van der Waals surface area (Å²) in [6, 6.07) is 4.17. The van der Waals surface area contributed by atoms with Crippen LogP contribution in [-0.4, -0.2) is 58.2 Å². The number of rotatable bonds is 5. The molecule has 0 spiro atoms. The first-order chi connectivity index (χ1) is 8.00. The number of phenolic OH excluding ortho intramolecular Hbond substituents is 1. The number of benzene rings is 1. The summed E-state index contributed by atoms with van der Waals surface area (Å²) >= 11 is 5.63. The summed E-state index contributed by atoms with van der Waals surface area (Å²) in [6.07, 6.45) is 0.336. The van der Waals surface area contributed by atoms with E-state index in [0.717, 1.165) is 0 Å². The fourth-order valence-corrected chi connectivity index (χ4v) is 1.40. The Morgan fingerprint density at radius 2 is 2.00 bits per heavy atom. The number of carboxylic acids is 1. The van der Waals surface area contributed by atoms with E-state index in [0.29, 0.717) is 11.4 Å². The van der Waals surface area contributed by atoms with Gasteiger partial charge in [-0.15, -0.1) is 0 Å². The fourth-order valence-electron chi connectivity index (χ4n) is 1.23. The van der Waals surface area contributed by atoms with E-state index < -0.39 is 11.9 Å². The van der Waals surface area contributed by atoms with Crippen molar-refractivity contribution in [3.8, 4) is 5.75 Å². The van der Waals surface area contributed by atoms with Gasteiger partial charge in [-0.05, 0) is 24.6 Å². The van der Waals surface area contributed by atoms with Crippen LogP contribution >= 0.6 is 11.6 Å². The molecular formula is C11H12ClNNaO4. The van der Waals surface area contributed by atoms with Crippen LogP contribution in [-0.2, 0) is 4.79 Å². The number of hydrogen-bond acceptors (Lipinski definition) is 3. The van der Waals surface area contributed by atoms with E-state index in [1.807, 2.05) is 0 Å². The second kappa shape index (κ2) is 8.37. The first-order valence-electron chi connectivity index (χ1n) is 4.99. The van der Waals surface area contributed by atoms with Gasteiger partial charge in [-0.25, -0.2) is 0 Å². The van der Waals surface area contributed by atoms with E-state index in [9.17, 15) is 14.7 Å². The molecule has 1 amide bonds. The summed E-state index contributed by atoms with van der Waals surface area (Å²) in [5.74, 6) is -1.56. The van der Waals surface area contributed by atoms with Crippen molar-refractivity contribution < 1.29 is 19.8 Å². The van der Waals surface area contributed by atoms with Crippen LogP contribution in [0, 0.1) is 0 Å². The molecule has 1 aromatic rings. The standard InChI is InChI=1S/C11H12ClNO4.Na/c12-7-3-4-8(9(14)6-7)11(17)13-5-1-2-10(15)16;/h3-4,6,14H,1-2,5H2,(H,13,17)(H,15,16);. The molecule has 18 heavy (non-hydrogen) atoms. The molecule has 1 radical (unpaired) electrons. The molecule has 1 aromatic carbocycles. The minimum atomic E-state index is -0.909. The Labute approximate surface area is 131 Å². The Morgan fingerprint density at radius 3 is 2.56 bits per heavy atom. The molecule has 0 aromatic heterocycles. The quantitative estimate of drug-likeness (QED) is 0.560. The Kier molecular flexibility index (Phi) is 8.02. The molecule has 1 rings (SSSR count). The van der Waals surface area contributed by atoms with Crippen molar-refractivity contribution in [2.45, 2.75) is 12.8 Å². The summed E-state index contributed by atoms with van der Waals surface area (Å²) in [7, 11) is 0. The number of carboxylic acid groups (broad SMARTS) is 1. The number of amides is 1. The van der Waals surface area contributed by atoms with Crippen molar-refractivity contribution >= 4 is 53.0 Å². The van der Waals surface area contributed by atoms with Crippen LogP contribution in [0.4, 0.5) is 0 Å². The zero-order chi connectivity index (χ0) is 12.8. The largest absolute Gasteiger partial charge is 0.507 e. The van der Waals surface area contributed by atoms with Crippen molar-refractivity contribution in [1.29, 1.82) is 0 Å². The number of aliphatic carboxylic acids is 1. The maximum atomic E-state index is 11.6. The van der Waals surface area contributed by atoms with Gasteiger partial charge in [0.25, 0.3) is 5.91 Å². The molecule has 0 saturated carbocycles. The van der Waals surface area contributed by atoms with E-state index in [2.05, 4.69) is 5.32 Å². The van der Waals surface area contributed by atoms with Crippen LogP contribution in [0.5, 0.6) is 5.75 Å². The Bertz CT molecular complexity index is 439. The summed E-state index contributed by atoms with van der Waals surface area (Å²) < 4.78 is 0. The van der Waals surface area contributed by atoms with Crippen LogP contribution < -0.4 is 5.32 Å². The Balaban J connectivity index is 0.00000289. The topological polar surface area (TPSA) is 86.6 Å². The van der Waals surface area contributed by atoms with Crippen molar-refractivity contribution in [2.24, 2.45) is 0 Å².